The van der Waals surface area contributed by atoms with Gasteiger partial charge >= 0.3 is 6.03 Å². The van der Waals surface area contributed by atoms with Crippen molar-refractivity contribution < 1.29 is 18.0 Å². The smallest absolute Gasteiger partial charge is 0.333 e. The highest BCUT2D eigenvalue weighted by atomic mass is 35.5. The number of hydrogen-bond donors (Lipinski definition) is 3. The lowest BCUT2D eigenvalue weighted by Crippen LogP contribution is -2.37. The molecular weight excluding hydrogens is 430 g/mol. The second-order valence-electron chi connectivity index (χ2n) is 7.16. The predicted octanol–water partition coefficient (Wildman–Crippen LogP) is 3.25. The molecule has 30 heavy (non-hydrogen) atoms. The molecule has 1 heterocycles. The maximum Gasteiger partial charge on any atom is 0.333 e. The summed E-state index contributed by atoms with van der Waals surface area (Å²) in [4.78, 5) is 24.5. The Morgan fingerprint density at radius 3 is 2.13 bits per heavy atom. The van der Waals surface area contributed by atoms with Crippen molar-refractivity contribution in [2.45, 2.75) is 44.6 Å². The molecule has 0 saturated heterocycles. The first-order valence-electron chi connectivity index (χ1n) is 9.18. The molecule has 0 radical (unpaired) electrons. The number of carbonyl (C=O) groups excluding carboxylic acids is 2. The lowest BCUT2D eigenvalue weighted by molar-refractivity contribution is 0.0958. The van der Waals surface area contributed by atoms with Gasteiger partial charge in [-0.25, -0.2) is 9.52 Å². The normalized spacial score (nSPS) is 11.5. The number of urea groups is 1. The van der Waals surface area contributed by atoms with E-state index in [2.05, 4.69) is 20.8 Å². The molecule has 0 fully saturated rings. The number of rotatable bonds is 6. The van der Waals surface area contributed by atoms with E-state index in [9.17, 15) is 18.0 Å². The summed E-state index contributed by atoms with van der Waals surface area (Å²) in [6.07, 6.45) is 1.18. The largest absolute Gasteiger partial charge is 0.355 e. The lowest BCUT2D eigenvalue weighted by atomic mass is 9.92. The molecule has 0 atom stereocenters. The number of hydrogen-bond acceptors (Lipinski definition) is 6. The standard InChI is InChI=1S/C19H24ClN5O4S/c1-10(2)14-8-12(20)9-15(11(3)4)16(14)23-19(27)25-30(28,29)18-13(17(26)21-5)6-7-22-24-18/h6-11H,1-5H3,(H,21,26)(H2,23,25,27). The van der Waals surface area contributed by atoms with E-state index in [0.717, 1.165) is 11.1 Å². The number of aromatic nitrogens is 2. The van der Waals surface area contributed by atoms with E-state index in [1.54, 1.807) is 12.1 Å². The SMILES string of the molecule is CNC(=O)c1ccnnc1S(=O)(=O)NC(=O)Nc1c(C(C)C)cc(Cl)cc1C(C)C. The van der Waals surface area contributed by atoms with Crippen LogP contribution in [0.15, 0.2) is 29.4 Å². The van der Waals surface area contributed by atoms with E-state index in [1.165, 1.54) is 19.3 Å². The molecule has 0 bridgehead atoms. The van der Waals surface area contributed by atoms with Crippen molar-refractivity contribution in [3.05, 3.63) is 46.1 Å². The number of amides is 3. The predicted molar refractivity (Wildman–Crippen MR) is 114 cm³/mol. The fourth-order valence-corrected chi connectivity index (χ4v) is 4.07. The summed E-state index contributed by atoms with van der Waals surface area (Å²) < 4.78 is 27.3. The molecule has 0 spiro atoms. The van der Waals surface area contributed by atoms with Crippen LogP contribution in [0.2, 0.25) is 5.02 Å². The summed E-state index contributed by atoms with van der Waals surface area (Å²) in [5.74, 6) is -0.631. The van der Waals surface area contributed by atoms with E-state index in [0.29, 0.717) is 10.7 Å². The van der Waals surface area contributed by atoms with E-state index >= 15 is 0 Å². The molecule has 11 heteroatoms. The zero-order valence-corrected chi connectivity index (χ0v) is 18.9. The minimum atomic E-state index is -4.46. The Balaban J connectivity index is 2.40. The van der Waals surface area contributed by atoms with Gasteiger partial charge in [-0.3, -0.25) is 4.79 Å². The molecule has 2 rings (SSSR count). The van der Waals surface area contributed by atoms with Gasteiger partial charge in [0.05, 0.1) is 11.8 Å². The molecule has 0 aliphatic rings. The van der Waals surface area contributed by atoms with Gasteiger partial charge in [-0.2, -0.15) is 13.5 Å². The number of halogens is 1. The van der Waals surface area contributed by atoms with Crippen LogP contribution in [0.3, 0.4) is 0 Å². The monoisotopic (exact) mass is 453 g/mol. The van der Waals surface area contributed by atoms with Crippen LogP contribution in [0.4, 0.5) is 10.5 Å². The topological polar surface area (TPSA) is 130 Å². The van der Waals surface area contributed by atoms with Gasteiger partial charge in [0.15, 0.2) is 0 Å². The fourth-order valence-electron chi connectivity index (χ4n) is 2.84. The maximum atomic E-state index is 12.7. The Kier molecular flexibility index (Phi) is 7.38. The van der Waals surface area contributed by atoms with Crippen LogP contribution in [0.5, 0.6) is 0 Å². The second-order valence-corrected chi connectivity index (χ2v) is 9.19. The highest BCUT2D eigenvalue weighted by molar-refractivity contribution is 7.90. The van der Waals surface area contributed by atoms with Crippen molar-refractivity contribution >= 4 is 39.2 Å². The number of nitrogens with zero attached hydrogens (tertiary/aromatic N) is 2. The van der Waals surface area contributed by atoms with Crippen molar-refractivity contribution in [3.8, 4) is 0 Å². The summed E-state index contributed by atoms with van der Waals surface area (Å²) in [6.45, 7) is 7.74. The van der Waals surface area contributed by atoms with Crippen molar-refractivity contribution in [3.63, 3.8) is 0 Å². The van der Waals surface area contributed by atoms with Gasteiger partial charge in [0.1, 0.15) is 0 Å². The molecule has 0 unspecified atom stereocenters. The minimum Gasteiger partial charge on any atom is -0.355 e. The van der Waals surface area contributed by atoms with Crippen LogP contribution < -0.4 is 15.4 Å². The Morgan fingerprint density at radius 2 is 1.63 bits per heavy atom. The Hall–Kier alpha value is -2.72. The van der Waals surface area contributed by atoms with Gasteiger partial charge in [0.25, 0.3) is 15.9 Å². The number of carbonyl (C=O) groups is 2. The van der Waals surface area contributed by atoms with Crippen molar-refractivity contribution in [2.75, 3.05) is 12.4 Å². The first kappa shape index (κ1) is 23.6. The zero-order valence-electron chi connectivity index (χ0n) is 17.3. The Morgan fingerprint density at radius 1 is 1.07 bits per heavy atom. The summed E-state index contributed by atoms with van der Waals surface area (Å²) in [5.41, 5.74) is 1.79. The van der Waals surface area contributed by atoms with Crippen molar-refractivity contribution in [1.82, 2.24) is 20.2 Å². The molecule has 9 nitrogen and oxygen atoms in total. The minimum absolute atomic E-state index is 0.0212. The summed E-state index contributed by atoms with van der Waals surface area (Å²) in [5, 5.41) is 11.8. The molecule has 0 saturated carbocycles. The van der Waals surface area contributed by atoms with E-state index in [4.69, 9.17) is 11.6 Å². The second kappa shape index (κ2) is 9.40. The van der Waals surface area contributed by atoms with Crippen LogP contribution in [-0.2, 0) is 10.0 Å². The van der Waals surface area contributed by atoms with Crippen molar-refractivity contribution in [1.29, 1.82) is 0 Å². The molecule has 0 aliphatic heterocycles. The summed E-state index contributed by atoms with van der Waals surface area (Å²) >= 11 is 6.22. The van der Waals surface area contributed by atoms with Gasteiger partial charge in [-0.1, -0.05) is 39.3 Å². The van der Waals surface area contributed by atoms with Gasteiger partial charge < -0.3 is 10.6 Å². The van der Waals surface area contributed by atoms with E-state index < -0.39 is 27.0 Å². The number of nitrogens with one attached hydrogen (secondary N) is 3. The van der Waals surface area contributed by atoms with Gasteiger partial charge in [-0.15, -0.1) is 5.10 Å². The first-order valence-corrected chi connectivity index (χ1v) is 11.0. The van der Waals surface area contributed by atoms with Gasteiger partial charge in [0.2, 0.25) is 5.03 Å². The average Bonchev–Trinajstić information content (AvgIpc) is 2.67. The third-order valence-electron chi connectivity index (χ3n) is 4.29. The molecule has 1 aromatic heterocycles. The molecular formula is C19H24ClN5O4S. The highest BCUT2D eigenvalue weighted by Gasteiger charge is 2.27. The third kappa shape index (κ3) is 5.25. The molecule has 3 N–H and O–H groups in total. The molecule has 3 amide bonds. The zero-order chi connectivity index (χ0) is 22.6. The van der Waals surface area contributed by atoms with Gasteiger partial charge in [0, 0.05) is 17.8 Å². The van der Waals surface area contributed by atoms with Crippen molar-refractivity contribution in [2.24, 2.45) is 0 Å². The maximum absolute atomic E-state index is 12.7. The third-order valence-corrected chi connectivity index (χ3v) is 5.77. The van der Waals surface area contributed by atoms with Crippen LogP contribution in [0, 0.1) is 0 Å². The molecule has 0 aliphatic carbocycles. The Bertz CT molecular complexity index is 1040. The quantitative estimate of drug-likeness (QED) is 0.615. The molecule has 1 aromatic carbocycles. The number of benzene rings is 1. The first-order chi connectivity index (χ1) is 14.0. The number of sulfonamides is 1. The van der Waals surface area contributed by atoms with E-state index in [-0.39, 0.29) is 17.4 Å². The van der Waals surface area contributed by atoms with Crippen LogP contribution in [0.25, 0.3) is 0 Å². The van der Waals surface area contributed by atoms with E-state index in [1.807, 2.05) is 32.4 Å². The van der Waals surface area contributed by atoms with Crippen LogP contribution in [-0.4, -0.2) is 37.6 Å². The van der Waals surface area contributed by atoms with Crippen LogP contribution in [0.1, 0.15) is 61.0 Å². The summed E-state index contributed by atoms with van der Waals surface area (Å²) in [7, 11) is -3.11. The molecule has 162 valence electrons. The van der Waals surface area contributed by atoms with Crippen LogP contribution >= 0.6 is 11.6 Å². The Labute approximate surface area is 180 Å². The molecule has 2 aromatic rings. The highest BCUT2D eigenvalue weighted by Crippen LogP contribution is 2.35. The average molecular weight is 454 g/mol. The lowest BCUT2D eigenvalue weighted by Gasteiger charge is -2.21. The van der Waals surface area contributed by atoms with Gasteiger partial charge in [-0.05, 0) is 41.2 Å². The summed E-state index contributed by atoms with van der Waals surface area (Å²) in [6, 6.07) is 3.67. The number of anilines is 1. The fraction of sp³-hybridized carbons (Fsp3) is 0.368.